The molecule has 3 nitrogen and oxygen atoms in total. The van der Waals surface area contributed by atoms with Gasteiger partial charge < -0.3 is 13.9 Å². The van der Waals surface area contributed by atoms with E-state index in [1.54, 1.807) is 14.2 Å². The van der Waals surface area contributed by atoms with Crippen LogP contribution < -0.4 is 9.47 Å². The quantitative estimate of drug-likeness (QED) is 0.715. The van der Waals surface area contributed by atoms with Crippen molar-refractivity contribution < 1.29 is 13.9 Å². The van der Waals surface area contributed by atoms with Crippen molar-refractivity contribution in [1.29, 1.82) is 0 Å². The van der Waals surface area contributed by atoms with Crippen molar-refractivity contribution in [2.45, 2.75) is 6.42 Å². The van der Waals surface area contributed by atoms with E-state index in [1.807, 2.05) is 36.4 Å². The second-order valence-electron chi connectivity index (χ2n) is 4.62. The van der Waals surface area contributed by atoms with Gasteiger partial charge in [-0.25, -0.2) is 0 Å². The van der Waals surface area contributed by atoms with Crippen LogP contribution in [-0.2, 0) is 6.42 Å². The fourth-order valence-corrected chi connectivity index (χ4v) is 2.32. The molecule has 0 bridgehead atoms. The minimum atomic E-state index is 0.731. The number of para-hydroxylation sites is 1. The van der Waals surface area contributed by atoms with Gasteiger partial charge in [0, 0.05) is 11.8 Å². The van der Waals surface area contributed by atoms with E-state index >= 15 is 0 Å². The number of benzene rings is 2. The number of fused-ring (bicyclic) bond motifs is 1. The fraction of sp³-hybridized carbons (Fsp3) is 0.176. The highest BCUT2D eigenvalue weighted by Crippen LogP contribution is 2.29. The summed E-state index contributed by atoms with van der Waals surface area (Å²) in [6, 6.07) is 16.0. The molecule has 0 saturated carbocycles. The SMILES string of the molecule is COc1ccc(Cc2cc3ccccc3o2)cc1OC. The molecular weight excluding hydrogens is 252 g/mol. The van der Waals surface area contributed by atoms with Crippen LogP contribution in [0.2, 0.25) is 0 Å². The highest BCUT2D eigenvalue weighted by molar-refractivity contribution is 5.77. The van der Waals surface area contributed by atoms with Crippen molar-refractivity contribution in [3.63, 3.8) is 0 Å². The molecule has 3 aromatic rings. The highest BCUT2D eigenvalue weighted by atomic mass is 16.5. The Labute approximate surface area is 117 Å². The Balaban J connectivity index is 1.90. The molecule has 0 aliphatic heterocycles. The molecule has 3 rings (SSSR count). The molecule has 0 radical (unpaired) electrons. The molecule has 0 N–H and O–H groups in total. The number of hydrogen-bond donors (Lipinski definition) is 0. The Hall–Kier alpha value is -2.42. The average molecular weight is 268 g/mol. The molecule has 0 saturated heterocycles. The predicted octanol–water partition coefficient (Wildman–Crippen LogP) is 4.04. The molecule has 0 unspecified atom stereocenters. The summed E-state index contributed by atoms with van der Waals surface area (Å²) < 4.78 is 16.4. The van der Waals surface area contributed by atoms with Crippen LogP contribution in [0.1, 0.15) is 11.3 Å². The van der Waals surface area contributed by atoms with Gasteiger partial charge in [0.25, 0.3) is 0 Å². The van der Waals surface area contributed by atoms with Crippen LogP contribution in [0.15, 0.2) is 52.9 Å². The Morgan fingerprint density at radius 2 is 1.70 bits per heavy atom. The summed E-state index contributed by atoms with van der Waals surface area (Å²) in [7, 11) is 3.28. The lowest BCUT2D eigenvalue weighted by Crippen LogP contribution is -1.93. The van der Waals surface area contributed by atoms with E-state index in [0.717, 1.165) is 40.2 Å². The third kappa shape index (κ3) is 2.35. The molecule has 0 fully saturated rings. The van der Waals surface area contributed by atoms with Crippen LogP contribution in [0.25, 0.3) is 11.0 Å². The van der Waals surface area contributed by atoms with Gasteiger partial charge in [-0.15, -0.1) is 0 Å². The Kier molecular flexibility index (Phi) is 3.33. The van der Waals surface area contributed by atoms with Gasteiger partial charge in [-0.3, -0.25) is 0 Å². The van der Waals surface area contributed by atoms with Crippen molar-refractivity contribution in [1.82, 2.24) is 0 Å². The lowest BCUT2D eigenvalue weighted by Gasteiger charge is -2.08. The second kappa shape index (κ2) is 5.29. The molecule has 0 aliphatic rings. The van der Waals surface area contributed by atoms with Crippen LogP contribution >= 0.6 is 0 Å². The Bertz CT molecular complexity index is 695. The van der Waals surface area contributed by atoms with E-state index in [1.165, 1.54) is 0 Å². The van der Waals surface area contributed by atoms with Gasteiger partial charge in [0.05, 0.1) is 14.2 Å². The predicted molar refractivity (Wildman–Crippen MR) is 78.6 cm³/mol. The smallest absolute Gasteiger partial charge is 0.161 e. The molecule has 20 heavy (non-hydrogen) atoms. The van der Waals surface area contributed by atoms with Crippen molar-refractivity contribution in [2.75, 3.05) is 14.2 Å². The first kappa shape index (κ1) is 12.6. The minimum Gasteiger partial charge on any atom is -0.493 e. The van der Waals surface area contributed by atoms with Crippen LogP contribution in [0.4, 0.5) is 0 Å². The third-order valence-electron chi connectivity index (χ3n) is 3.30. The number of methoxy groups -OCH3 is 2. The van der Waals surface area contributed by atoms with Crippen LogP contribution in [0.5, 0.6) is 11.5 Å². The van der Waals surface area contributed by atoms with Crippen molar-refractivity contribution in [3.05, 3.63) is 59.9 Å². The van der Waals surface area contributed by atoms with Crippen LogP contribution in [0.3, 0.4) is 0 Å². The molecule has 102 valence electrons. The summed E-state index contributed by atoms with van der Waals surface area (Å²) in [5.74, 6) is 2.42. The van der Waals surface area contributed by atoms with Gasteiger partial charge in [0.2, 0.25) is 0 Å². The maximum atomic E-state index is 5.83. The van der Waals surface area contributed by atoms with E-state index in [0.29, 0.717) is 0 Å². The standard InChI is InChI=1S/C17H16O3/c1-18-16-8-7-12(10-17(16)19-2)9-14-11-13-5-3-4-6-15(13)20-14/h3-8,10-11H,9H2,1-2H3. The zero-order chi connectivity index (χ0) is 13.9. The van der Waals surface area contributed by atoms with Crippen LogP contribution in [0, 0.1) is 0 Å². The topological polar surface area (TPSA) is 31.6 Å². The van der Waals surface area contributed by atoms with Crippen LogP contribution in [-0.4, -0.2) is 14.2 Å². The number of hydrogen-bond acceptors (Lipinski definition) is 3. The van der Waals surface area contributed by atoms with Gasteiger partial charge in [-0.1, -0.05) is 24.3 Å². The summed E-state index contributed by atoms with van der Waals surface area (Å²) >= 11 is 0. The molecular formula is C17H16O3. The van der Waals surface area contributed by atoms with E-state index in [-0.39, 0.29) is 0 Å². The van der Waals surface area contributed by atoms with Crippen molar-refractivity contribution in [2.24, 2.45) is 0 Å². The van der Waals surface area contributed by atoms with E-state index in [2.05, 4.69) is 12.1 Å². The molecule has 0 aliphatic carbocycles. The number of rotatable bonds is 4. The van der Waals surface area contributed by atoms with E-state index in [4.69, 9.17) is 13.9 Å². The van der Waals surface area contributed by atoms with Gasteiger partial charge in [-0.2, -0.15) is 0 Å². The van der Waals surface area contributed by atoms with Crippen molar-refractivity contribution in [3.8, 4) is 11.5 Å². The first-order chi connectivity index (χ1) is 9.80. The largest absolute Gasteiger partial charge is 0.493 e. The number of furan rings is 1. The average Bonchev–Trinajstić information content (AvgIpc) is 2.89. The van der Waals surface area contributed by atoms with Gasteiger partial charge in [0.1, 0.15) is 11.3 Å². The molecule has 0 spiro atoms. The molecule has 0 amide bonds. The normalized spacial score (nSPS) is 10.7. The molecule has 1 aromatic heterocycles. The Morgan fingerprint density at radius 1 is 0.900 bits per heavy atom. The van der Waals surface area contributed by atoms with Crippen molar-refractivity contribution >= 4 is 11.0 Å². The molecule has 3 heteroatoms. The monoisotopic (exact) mass is 268 g/mol. The first-order valence-electron chi connectivity index (χ1n) is 6.48. The minimum absolute atomic E-state index is 0.731. The van der Waals surface area contributed by atoms with E-state index in [9.17, 15) is 0 Å². The second-order valence-corrected chi connectivity index (χ2v) is 4.62. The maximum Gasteiger partial charge on any atom is 0.161 e. The molecule has 0 atom stereocenters. The summed E-state index contributed by atoms with van der Waals surface area (Å²) in [5, 5.41) is 1.13. The molecule has 1 heterocycles. The lowest BCUT2D eigenvalue weighted by atomic mass is 10.1. The summed E-state index contributed by atoms with van der Waals surface area (Å²) in [6.07, 6.45) is 0.731. The zero-order valence-electron chi connectivity index (χ0n) is 11.6. The third-order valence-corrected chi connectivity index (χ3v) is 3.30. The maximum absolute atomic E-state index is 5.83. The lowest BCUT2D eigenvalue weighted by molar-refractivity contribution is 0.354. The Morgan fingerprint density at radius 3 is 2.45 bits per heavy atom. The van der Waals surface area contributed by atoms with Gasteiger partial charge in [0.15, 0.2) is 11.5 Å². The van der Waals surface area contributed by atoms with Gasteiger partial charge in [-0.05, 0) is 29.8 Å². The zero-order valence-corrected chi connectivity index (χ0v) is 11.6. The summed E-state index contributed by atoms with van der Waals surface area (Å²) in [4.78, 5) is 0. The first-order valence-corrected chi connectivity index (χ1v) is 6.48. The van der Waals surface area contributed by atoms with E-state index < -0.39 is 0 Å². The molecule has 2 aromatic carbocycles. The fourth-order valence-electron chi connectivity index (χ4n) is 2.32. The summed E-state index contributed by atoms with van der Waals surface area (Å²) in [5.41, 5.74) is 2.05. The number of ether oxygens (including phenoxy) is 2. The highest BCUT2D eigenvalue weighted by Gasteiger charge is 2.08. The van der Waals surface area contributed by atoms with Gasteiger partial charge >= 0.3 is 0 Å². The summed E-state index contributed by atoms with van der Waals surface area (Å²) in [6.45, 7) is 0.